The molecule has 2 saturated heterocycles. The quantitative estimate of drug-likeness (QED) is 0.709. The molecule has 0 aromatic heterocycles. The monoisotopic (exact) mass is 429 g/mol. The topological polar surface area (TPSA) is 107 Å². The van der Waals surface area contributed by atoms with Crippen LogP contribution in [-0.4, -0.2) is 74.8 Å². The summed E-state index contributed by atoms with van der Waals surface area (Å²) in [4.78, 5) is 27.8. The van der Waals surface area contributed by atoms with Crippen LogP contribution < -0.4 is 10.2 Å². The number of carbonyl (C=O) groups is 2. The van der Waals surface area contributed by atoms with Gasteiger partial charge in [-0.05, 0) is 31.2 Å². The fourth-order valence-electron chi connectivity index (χ4n) is 3.66. The van der Waals surface area contributed by atoms with E-state index < -0.39 is 32.9 Å². The van der Waals surface area contributed by atoms with E-state index in [1.165, 1.54) is 6.07 Å². The molecule has 2 N–H and O–H groups in total. The number of likely N-dealkylation sites (N-methyl/N-ethyl adjacent to an activating group) is 1. The van der Waals surface area contributed by atoms with Crippen LogP contribution in [0.1, 0.15) is 13.3 Å². The first-order valence-electron chi connectivity index (χ1n) is 9.26. The summed E-state index contributed by atoms with van der Waals surface area (Å²) >= 11 is 6.24. The average Bonchev–Trinajstić information content (AvgIpc) is 3.17. The Hall–Kier alpha value is -1.68. The fraction of sp³-hybridized carbons (Fsp3) is 0.556. The molecule has 0 saturated carbocycles. The Labute approximate surface area is 169 Å². The van der Waals surface area contributed by atoms with Crippen LogP contribution in [0.15, 0.2) is 23.1 Å². The van der Waals surface area contributed by atoms with Gasteiger partial charge in [0.25, 0.3) is 5.12 Å². The molecule has 0 radical (unpaired) electrons. The van der Waals surface area contributed by atoms with Crippen LogP contribution in [0.5, 0.6) is 0 Å². The van der Waals surface area contributed by atoms with E-state index in [1.54, 1.807) is 12.1 Å². The Bertz CT molecular complexity index is 868. The molecule has 2 atom stereocenters. The SMILES string of the molecule is CCN1CCN(c2ccc(S(=O)(=O)C(=O)[C@H]3CN[C@H](C(=O)O)C3)c(Cl)c2)CC1. The highest BCUT2D eigenvalue weighted by molar-refractivity contribution is 8.06. The number of carboxylic acids is 1. The lowest BCUT2D eigenvalue weighted by atomic mass is 10.1. The van der Waals surface area contributed by atoms with Crippen LogP contribution in [0.4, 0.5) is 5.69 Å². The summed E-state index contributed by atoms with van der Waals surface area (Å²) in [5, 5.41) is 10.7. The third kappa shape index (κ3) is 4.17. The van der Waals surface area contributed by atoms with Crippen LogP contribution in [-0.2, 0) is 19.4 Å². The molecule has 2 fully saturated rings. The predicted molar refractivity (Wildman–Crippen MR) is 106 cm³/mol. The normalized spacial score (nSPS) is 23.7. The van der Waals surface area contributed by atoms with Gasteiger partial charge < -0.3 is 20.2 Å². The second kappa shape index (κ2) is 8.36. The summed E-state index contributed by atoms with van der Waals surface area (Å²) < 4.78 is 25.5. The highest BCUT2D eigenvalue weighted by Crippen LogP contribution is 2.31. The minimum Gasteiger partial charge on any atom is -0.480 e. The lowest BCUT2D eigenvalue weighted by Crippen LogP contribution is -2.46. The maximum Gasteiger partial charge on any atom is 0.320 e. The van der Waals surface area contributed by atoms with Gasteiger partial charge in [-0.3, -0.25) is 9.59 Å². The first-order valence-corrected chi connectivity index (χ1v) is 11.1. The standard InChI is InChI=1S/C18H24ClN3O5S/c1-2-21-5-7-22(8-6-21)13-3-4-16(14(19)10-13)28(26,27)18(25)12-9-15(17(23)24)20-11-12/h3-4,10,12,15,20H,2,5-9,11H2,1H3,(H,23,24)/t12-,15+/m1/s1. The molecule has 0 unspecified atom stereocenters. The number of anilines is 1. The average molecular weight is 430 g/mol. The highest BCUT2D eigenvalue weighted by atomic mass is 35.5. The zero-order valence-corrected chi connectivity index (χ0v) is 17.2. The maximum absolute atomic E-state index is 12.8. The number of nitrogens with zero attached hydrogens (tertiary/aromatic N) is 2. The fourth-order valence-corrected chi connectivity index (χ4v) is 5.54. The van der Waals surface area contributed by atoms with E-state index in [0.29, 0.717) is 0 Å². The van der Waals surface area contributed by atoms with E-state index >= 15 is 0 Å². The first kappa shape index (κ1) is 21.0. The molecule has 0 spiro atoms. The van der Waals surface area contributed by atoms with Gasteiger partial charge in [-0.2, -0.15) is 0 Å². The van der Waals surface area contributed by atoms with Crippen LogP contribution >= 0.6 is 11.6 Å². The molecular weight excluding hydrogens is 406 g/mol. The Balaban J connectivity index is 1.76. The van der Waals surface area contributed by atoms with Crippen molar-refractivity contribution in [1.82, 2.24) is 10.2 Å². The maximum atomic E-state index is 12.8. The second-order valence-corrected chi connectivity index (χ2v) is 9.35. The smallest absolute Gasteiger partial charge is 0.320 e. The molecule has 1 aromatic rings. The number of rotatable bonds is 5. The van der Waals surface area contributed by atoms with Gasteiger partial charge in [-0.25, -0.2) is 8.42 Å². The molecule has 8 nitrogen and oxygen atoms in total. The zero-order chi connectivity index (χ0) is 20.5. The third-order valence-corrected chi connectivity index (χ3v) is 7.64. The molecule has 10 heteroatoms. The van der Waals surface area contributed by atoms with E-state index in [4.69, 9.17) is 16.7 Å². The molecule has 0 bridgehead atoms. The Morgan fingerprint density at radius 1 is 1.25 bits per heavy atom. The molecule has 3 rings (SSSR count). The van der Waals surface area contributed by atoms with Crippen molar-refractivity contribution < 1.29 is 23.1 Å². The van der Waals surface area contributed by atoms with Crippen LogP contribution in [0.2, 0.25) is 5.02 Å². The summed E-state index contributed by atoms with van der Waals surface area (Å²) in [6, 6.07) is 3.70. The van der Waals surface area contributed by atoms with E-state index in [0.717, 1.165) is 38.4 Å². The molecule has 2 aliphatic rings. The number of carboxylic acid groups (broad SMARTS) is 1. The van der Waals surface area contributed by atoms with Crippen molar-refractivity contribution in [2.24, 2.45) is 5.92 Å². The van der Waals surface area contributed by atoms with Crippen LogP contribution in [0, 0.1) is 5.92 Å². The van der Waals surface area contributed by atoms with Gasteiger partial charge in [0.05, 0.1) is 9.92 Å². The van der Waals surface area contributed by atoms with Crippen LogP contribution in [0.25, 0.3) is 0 Å². The van der Waals surface area contributed by atoms with Gasteiger partial charge >= 0.3 is 5.97 Å². The first-order chi connectivity index (χ1) is 13.2. The van der Waals surface area contributed by atoms with Gasteiger partial charge in [-0.15, -0.1) is 0 Å². The minimum absolute atomic E-state index is 0.00418. The second-order valence-electron chi connectivity index (χ2n) is 7.09. The van der Waals surface area contributed by atoms with Crippen molar-refractivity contribution in [3.63, 3.8) is 0 Å². The van der Waals surface area contributed by atoms with Gasteiger partial charge in [0.2, 0.25) is 9.84 Å². The summed E-state index contributed by atoms with van der Waals surface area (Å²) in [6.07, 6.45) is -0.0508. The predicted octanol–water partition coefficient (Wildman–Crippen LogP) is 0.845. The summed E-state index contributed by atoms with van der Waals surface area (Å²) in [7, 11) is -4.29. The number of piperazine rings is 1. The Kier molecular flexibility index (Phi) is 6.28. The third-order valence-electron chi connectivity index (χ3n) is 5.42. The van der Waals surface area contributed by atoms with E-state index in [2.05, 4.69) is 22.0 Å². The van der Waals surface area contributed by atoms with Crippen molar-refractivity contribution >= 4 is 38.2 Å². The van der Waals surface area contributed by atoms with Crippen molar-refractivity contribution in [3.8, 4) is 0 Å². The number of hydrogen-bond acceptors (Lipinski definition) is 7. The summed E-state index contributed by atoms with van der Waals surface area (Å²) in [5.41, 5.74) is 0.820. The van der Waals surface area contributed by atoms with Crippen LogP contribution in [0.3, 0.4) is 0 Å². The van der Waals surface area contributed by atoms with Gasteiger partial charge in [0, 0.05) is 44.3 Å². The molecule has 1 aromatic carbocycles. The lowest BCUT2D eigenvalue weighted by molar-refractivity contribution is -0.139. The van der Waals surface area contributed by atoms with E-state index in [9.17, 15) is 18.0 Å². The molecule has 2 heterocycles. The minimum atomic E-state index is -4.29. The number of nitrogens with one attached hydrogen (secondary N) is 1. The van der Waals surface area contributed by atoms with Crippen molar-refractivity contribution in [1.29, 1.82) is 0 Å². The van der Waals surface area contributed by atoms with Crippen molar-refractivity contribution in [3.05, 3.63) is 23.2 Å². The number of halogens is 1. The number of carbonyl (C=O) groups excluding carboxylic acids is 1. The zero-order valence-electron chi connectivity index (χ0n) is 15.6. The number of hydrogen-bond donors (Lipinski definition) is 2. The number of sulfone groups is 1. The van der Waals surface area contributed by atoms with Crippen molar-refractivity contribution in [2.45, 2.75) is 24.3 Å². The molecule has 0 aliphatic carbocycles. The van der Waals surface area contributed by atoms with E-state index in [-0.39, 0.29) is 22.9 Å². The molecule has 154 valence electrons. The lowest BCUT2D eigenvalue weighted by Gasteiger charge is -2.35. The molecular formula is C18H24ClN3O5S. The largest absolute Gasteiger partial charge is 0.480 e. The Morgan fingerprint density at radius 2 is 1.93 bits per heavy atom. The summed E-state index contributed by atoms with van der Waals surface area (Å²) in [6.45, 7) is 6.61. The van der Waals surface area contributed by atoms with E-state index in [1.807, 2.05) is 0 Å². The van der Waals surface area contributed by atoms with Gasteiger partial charge in [-0.1, -0.05) is 18.5 Å². The molecule has 0 amide bonds. The van der Waals surface area contributed by atoms with Gasteiger partial charge in [0.1, 0.15) is 6.04 Å². The highest BCUT2D eigenvalue weighted by Gasteiger charge is 2.40. The molecule has 2 aliphatic heterocycles. The van der Waals surface area contributed by atoms with Crippen molar-refractivity contribution in [2.75, 3.05) is 44.2 Å². The Morgan fingerprint density at radius 3 is 2.46 bits per heavy atom. The number of aliphatic carboxylic acids is 1. The molecule has 28 heavy (non-hydrogen) atoms. The van der Waals surface area contributed by atoms with Gasteiger partial charge in [0.15, 0.2) is 0 Å². The number of benzene rings is 1. The summed E-state index contributed by atoms with van der Waals surface area (Å²) in [5.74, 6) is -2.00.